The summed E-state index contributed by atoms with van der Waals surface area (Å²) in [7, 11) is -10.7. The minimum absolute atomic E-state index is 0. The van der Waals surface area contributed by atoms with Crippen molar-refractivity contribution >= 4 is 15.6 Å². The van der Waals surface area contributed by atoms with E-state index in [1.807, 2.05) is 0 Å². The molecule has 0 aliphatic heterocycles. The third kappa shape index (κ3) is 20.8. The van der Waals surface area contributed by atoms with Gasteiger partial charge in [0.1, 0.15) is 0 Å². The summed E-state index contributed by atoms with van der Waals surface area (Å²) in [6.07, 6.45) is 0. The molecule has 0 rings (SSSR count). The van der Waals surface area contributed by atoms with Crippen LogP contribution in [0.2, 0.25) is 0 Å². The van der Waals surface area contributed by atoms with Gasteiger partial charge in [0, 0.05) is 0 Å². The van der Waals surface area contributed by atoms with E-state index in [9.17, 15) is 18.9 Å². The zero-order chi connectivity index (χ0) is 8.41. The number of hydrogen-bond donors (Lipinski definition) is 4. The molecule has 0 aliphatic carbocycles. The maximum absolute atomic E-state index is 9.82. The molecule has 78 valence electrons. The Labute approximate surface area is 165 Å². The molecule has 0 heterocycles. The molecule has 2 atom stereocenters. The minimum atomic E-state index is -5.41. The third-order valence-corrected chi connectivity index (χ3v) is 2.13. The fourth-order valence-corrected chi connectivity index (χ4v) is 1.27. The molecule has 8 N–H and O–H groups in total. The SMILES string of the molecule is N.N.O=P([O-])(O)OP(=O)([O-])OO.[K+].[K+]. The van der Waals surface area contributed by atoms with E-state index in [0.29, 0.717) is 0 Å². The predicted octanol–water partition coefficient (Wildman–Crippen LogP) is -7.25. The molecule has 0 radical (unpaired) electrons. The summed E-state index contributed by atoms with van der Waals surface area (Å²) in [5.41, 5.74) is 0. The van der Waals surface area contributed by atoms with Gasteiger partial charge in [-0.1, -0.05) is 0 Å². The standard InChI is InChI=1S/2K.2H3N.H4O8P2/c;;;;1-7-10(5,6)8-9(2,3)4/h;;2*1H3;1H,(H,5,6)(H2,2,3,4)/q2*+1;;;/p-2. The second-order valence-electron chi connectivity index (χ2n) is 1.08. The van der Waals surface area contributed by atoms with Crippen molar-refractivity contribution in [2.45, 2.75) is 0 Å². The first kappa shape index (κ1) is 30.4. The van der Waals surface area contributed by atoms with Crippen molar-refractivity contribution in [3.05, 3.63) is 0 Å². The van der Waals surface area contributed by atoms with Gasteiger partial charge in [-0.05, 0) is 0 Å². The van der Waals surface area contributed by atoms with Crippen molar-refractivity contribution in [2.24, 2.45) is 0 Å². The van der Waals surface area contributed by atoms with Gasteiger partial charge in [-0.25, -0.2) is 9.57 Å². The molecule has 0 aliphatic rings. The van der Waals surface area contributed by atoms with E-state index in [0.717, 1.165) is 0 Å². The van der Waals surface area contributed by atoms with Crippen LogP contribution in [0, 0.1) is 0 Å². The van der Waals surface area contributed by atoms with E-state index in [-0.39, 0.29) is 115 Å². The molecule has 0 aromatic heterocycles. The normalized spacial score (nSPS) is 16.6. The minimum Gasteiger partial charge on any atom is -0.756 e. The van der Waals surface area contributed by atoms with E-state index in [1.54, 1.807) is 0 Å². The summed E-state index contributed by atoms with van der Waals surface area (Å²) < 4.78 is 24.8. The Kier molecular flexibility index (Phi) is 28.0. The Hall–Kier alpha value is 3.41. The van der Waals surface area contributed by atoms with E-state index >= 15 is 0 Å². The number of hydrogen-bond acceptors (Lipinski definition) is 9. The van der Waals surface area contributed by atoms with Gasteiger partial charge in [0.15, 0.2) is 0 Å². The fraction of sp³-hybridized carbons (Fsp3) is 0. The molecule has 0 aromatic carbocycles. The maximum Gasteiger partial charge on any atom is 1.00 e. The quantitative estimate of drug-likeness (QED) is 0.167. The van der Waals surface area contributed by atoms with Crippen LogP contribution in [0.1, 0.15) is 0 Å². The van der Waals surface area contributed by atoms with E-state index in [1.165, 1.54) is 0 Å². The molecule has 0 spiro atoms. The van der Waals surface area contributed by atoms with Gasteiger partial charge in [0.25, 0.3) is 7.82 Å². The molecular formula is H8K2N2O8P2. The molecule has 0 bridgehead atoms. The van der Waals surface area contributed by atoms with Crippen LogP contribution in [0.5, 0.6) is 0 Å². The Morgan fingerprint density at radius 1 is 1.07 bits per heavy atom. The summed E-state index contributed by atoms with van der Waals surface area (Å²) in [5.74, 6) is 0. The topological polar surface area (TPSA) is 209 Å². The van der Waals surface area contributed by atoms with Gasteiger partial charge in [-0.3, -0.25) is 9.13 Å². The predicted molar refractivity (Wildman–Crippen MR) is 32.3 cm³/mol. The molecule has 0 saturated carbocycles. The molecule has 2 unspecified atom stereocenters. The Bertz CT molecular complexity index is 202. The third-order valence-electron chi connectivity index (χ3n) is 0.303. The molecule has 14 heteroatoms. The van der Waals surface area contributed by atoms with Crippen LogP contribution < -0.4 is 125 Å². The van der Waals surface area contributed by atoms with Gasteiger partial charge in [-0.2, -0.15) is 4.67 Å². The summed E-state index contributed by atoms with van der Waals surface area (Å²) in [6, 6.07) is 0. The van der Waals surface area contributed by atoms with Crippen molar-refractivity contribution in [1.82, 2.24) is 12.3 Å². The number of phosphoric acid groups is 2. The van der Waals surface area contributed by atoms with Crippen LogP contribution in [-0.2, 0) is 18.1 Å². The van der Waals surface area contributed by atoms with Gasteiger partial charge < -0.3 is 27.0 Å². The van der Waals surface area contributed by atoms with Crippen LogP contribution in [0.4, 0.5) is 0 Å². The Balaban J connectivity index is -0.0000000675. The van der Waals surface area contributed by atoms with E-state index < -0.39 is 15.6 Å². The average Bonchev–Trinajstić information content (AvgIpc) is 1.60. The Morgan fingerprint density at radius 3 is 1.43 bits per heavy atom. The summed E-state index contributed by atoms with van der Waals surface area (Å²) in [6.45, 7) is 0. The molecular weight excluding hydrogens is 296 g/mol. The molecule has 0 saturated heterocycles. The zero-order valence-electron chi connectivity index (χ0n) is 7.65. The smallest absolute Gasteiger partial charge is 0.756 e. The van der Waals surface area contributed by atoms with E-state index in [2.05, 4.69) is 8.99 Å². The molecule has 0 aromatic rings. The van der Waals surface area contributed by atoms with Crippen molar-refractivity contribution in [1.29, 1.82) is 0 Å². The van der Waals surface area contributed by atoms with Gasteiger partial charge in [-0.15, -0.1) is 0 Å². The van der Waals surface area contributed by atoms with Crippen LogP contribution in [0.15, 0.2) is 0 Å². The zero-order valence-corrected chi connectivity index (χ0v) is 15.7. The molecule has 0 fully saturated rings. The van der Waals surface area contributed by atoms with Crippen molar-refractivity contribution in [3.63, 3.8) is 0 Å². The van der Waals surface area contributed by atoms with Gasteiger partial charge >= 0.3 is 111 Å². The largest absolute Gasteiger partial charge is 1.00 e. The van der Waals surface area contributed by atoms with Gasteiger partial charge in [0.05, 0.1) is 0 Å². The fourth-order valence-electron chi connectivity index (χ4n) is 0.141. The maximum atomic E-state index is 9.82. The van der Waals surface area contributed by atoms with Crippen LogP contribution >= 0.6 is 15.6 Å². The molecule has 0 amide bonds. The molecule has 10 nitrogen and oxygen atoms in total. The first-order chi connectivity index (χ1) is 4.27. The first-order valence-electron chi connectivity index (χ1n) is 1.66. The second kappa shape index (κ2) is 12.9. The average molecular weight is 304 g/mol. The second-order valence-corrected chi connectivity index (χ2v) is 3.73. The Morgan fingerprint density at radius 2 is 1.36 bits per heavy atom. The summed E-state index contributed by atoms with van der Waals surface area (Å²) >= 11 is 0. The van der Waals surface area contributed by atoms with Crippen LogP contribution in [0.3, 0.4) is 0 Å². The first-order valence-corrected chi connectivity index (χ1v) is 4.62. The number of rotatable bonds is 3. The van der Waals surface area contributed by atoms with Crippen molar-refractivity contribution in [3.8, 4) is 0 Å². The van der Waals surface area contributed by atoms with Crippen molar-refractivity contribution in [2.75, 3.05) is 0 Å². The van der Waals surface area contributed by atoms with Crippen molar-refractivity contribution < 1.29 is 141 Å². The van der Waals surface area contributed by atoms with Crippen LogP contribution in [0.25, 0.3) is 0 Å². The monoisotopic (exact) mass is 304 g/mol. The van der Waals surface area contributed by atoms with Gasteiger partial charge in [0.2, 0.25) is 0 Å². The van der Waals surface area contributed by atoms with Crippen LogP contribution in [-0.4, -0.2) is 10.2 Å². The summed E-state index contributed by atoms with van der Waals surface area (Å²) in [5, 5.41) is 7.39. The molecule has 14 heavy (non-hydrogen) atoms. The summed E-state index contributed by atoms with van der Waals surface area (Å²) in [4.78, 5) is 27.1. The van der Waals surface area contributed by atoms with E-state index in [4.69, 9.17) is 10.2 Å².